The summed E-state index contributed by atoms with van der Waals surface area (Å²) in [4.78, 5) is 2.91. The normalized spacial score (nSPS) is 31.9. The molecule has 16 heavy (non-hydrogen) atoms. The number of hydrogen-bond donors (Lipinski definition) is 1. The molecule has 2 nitrogen and oxygen atoms in total. The molecule has 2 aliphatic heterocycles. The molecule has 1 fully saturated rings. The fourth-order valence-corrected chi connectivity index (χ4v) is 3.70. The topological polar surface area (TPSA) is 15.3 Å². The number of piperidine rings is 1. The molecule has 0 radical (unpaired) electrons. The number of hydrogen-bond acceptors (Lipinski definition) is 3. The van der Waals surface area contributed by atoms with Crippen molar-refractivity contribution in [1.29, 1.82) is 0 Å². The Bertz CT molecular complexity index is 236. The number of unbranched alkanes of at least 4 members (excludes halogenated alkanes) is 1. The number of likely N-dealkylation sites (tertiary alicyclic amines) is 1. The Morgan fingerprint density at radius 1 is 1.44 bits per heavy atom. The first-order chi connectivity index (χ1) is 7.74. The summed E-state index contributed by atoms with van der Waals surface area (Å²) >= 11 is 1.96. The van der Waals surface area contributed by atoms with Gasteiger partial charge in [0.2, 0.25) is 0 Å². The number of nitrogens with zero attached hydrogens (tertiary/aromatic N) is 1. The maximum atomic E-state index is 3.52. The molecule has 0 aromatic carbocycles. The largest absolute Gasteiger partial charge is 0.376 e. The lowest BCUT2D eigenvalue weighted by Gasteiger charge is -2.40. The fraction of sp³-hybridized carbons (Fsp3) is 0.846. The van der Waals surface area contributed by atoms with Crippen molar-refractivity contribution in [3.8, 4) is 0 Å². The molecule has 0 aromatic rings. The van der Waals surface area contributed by atoms with Gasteiger partial charge in [0, 0.05) is 6.20 Å². The van der Waals surface area contributed by atoms with E-state index in [-0.39, 0.29) is 4.87 Å². The summed E-state index contributed by atoms with van der Waals surface area (Å²) in [5.41, 5.74) is 0. The Kier molecular flexibility index (Phi) is 4.20. The molecule has 2 rings (SSSR count). The molecule has 1 atom stereocenters. The Hall–Kier alpha value is -0.150. The summed E-state index contributed by atoms with van der Waals surface area (Å²) in [6.45, 7) is 8.52. The lowest BCUT2D eigenvalue weighted by atomic mass is 9.89. The Morgan fingerprint density at radius 2 is 2.19 bits per heavy atom. The third-order valence-electron chi connectivity index (χ3n) is 3.95. The lowest BCUT2D eigenvalue weighted by Crippen LogP contribution is -2.46. The molecule has 2 aliphatic rings. The SMILES string of the molecule is CCCCN1CCC(C2(C)NC=CS2)CC1. The first-order valence-electron chi connectivity index (χ1n) is 6.57. The van der Waals surface area contributed by atoms with E-state index in [0.29, 0.717) is 0 Å². The van der Waals surface area contributed by atoms with Gasteiger partial charge in [0.05, 0.1) is 4.87 Å². The summed E-state index contributed by atoms with van der Waals surface area (Å²) in [5, 5.41) is 5.72. The van der Waals surface area contributed by atoms with Gasteiger partial charge in [0.15, 0.2) is 0 Å². The second-order valence-corrected chi connectivity index (χ2v) is 6.50. The van der Waals surface area contributed by atoms with Crippen molar-refractivity contribution in [3.63, 3.8) is 0 Å². The zero-order valence-corrected chi connectivity index (χ0v) is 11.4. The molecule has 2 heterocycles. The van der Waals surface area contributed by atoms with Crippen LogP contribution in [0, 0.1) is 5.92 Å². The maximum Gasteiger partial charge on any atom is 0.0870 e. The number of nitrogens with one attached hydrogen (secondary N) is 1. The van der Waals surface area contributed by atoms with Crippen LogP contribution in [0.5, 0.6) is 0 Å². The molecule has 0 aromatic heterocycles. The van der Waals surface area contributed by atoms with Gasteiger partial charge in [-0.25, -0.2) is 0 Å². The molecule has 3 heteroatoms. The van der Waals surface area contributed by atoms with Crippen molar-refractivity contribution in [2.24, 2.45) is 5.92 Å². The highest BCUT2D eigenvalue weighted by Crippen LogP contribution is 2.40. The van der Waals surface area contributed by atoms with Crippen molar-refractivity contribution in [3.05, 3.63) is 11.6 Å². The van der Waals surface area contributed by atoms with E-state index in [0.717, 1.165) is 5.92 Å². The van der Waals surface area contributed by atoms with Crippen LogP contribution in [0.15, 0.2) is 11.6 Å². The zero-order valence-electron chi connectivity index (χ0n) is 10.5. The second kappa shape index (κ2) is 5.46. The van der Waals surface area contributed by atoms with Crippen LogP contribution < -0.4 is 5.32 Å². The molecular formula is C13H24N2S. The lowest BCUT2D eigenvalue weighted by molar-refractivity contribution is 0.157. The summed E-state index contributed by atoms with van der Waals surface area (Å²) in [5.74, 6) is 0.824. The van der Waals surface area contributed by atoms with E-state index in [1.807, 2.05) is 11.8 Å². The van der Waals surface area contributed by atoms with Crippen LogP contribution in [-0.2, 0) is 0 Å². The van der Waals surface area contributed by atoms with E-state index in [4.69, 9.17) is 0 Å². The number of rotatable bonds is 4. The highest BCUT2D eigenvalue weighted by molar-refractivity contribution is 8.03. The molecule has 1 N–H and O–H groups in total. The molecule has 1 saturated heterocycles. The van der Waals surface area contributed by atoms with Gasteiger partial charge >= 0.3 is 0 Å². The minimum Gasteiger partial charge on any atom is -0.376 e. The molecule has 1 unspecified atom stereocenters. The Labute approximate surface area is 104 Å². The average Bonchev–Trinajstić information content (AvgIpc) is 2.75. The molecule has 0 saturated carbocycles. The van der Waals surface area contributed by atoms with E-state index in [9.17, 15) is 0 Å². The third-order valence-corrected chi connectivity index (χ3v) is 5.16. The smallest absolute Gasteiger partial charge is 0.0870 e. The molecule has 0 bridgehead atoms. The second-order valence-electron chi connectivity index (χ2n) is 5.14. The highest BCUT2D eigenvalue weighted by atomic mass is 32.2. The molecule has 0 aliphatic carbocycles. The van der Waals surface area contributed by atoms with E-state index in [2.05, 4.69) is 35.7 Å². The molecular weight excluding hydrogens is 216 g/mol. The first-order valence-corrected chi connectivity index (χ1v) is 7.45. The van der Waals surface area contributed by atoms with Gasteiger partial charge < -0.3 is 10.2 Å². The zero-order chi connectivity index (χ0) is 11.4. The van der Waals surface area contributed by atoms with Gasteiger partial charge in [-0.05, 0) is 57.1 Å². The summed E-state index contributed by atoms with van der Waals surface area (Å²) in [7, 11) is 0. The Balaban J connectivity index is 1.76. The van der Waals surface area contributed by atoms with Crippen molar-refractivity contribution < 1.29 is 0 Å². The summed E-state index contributed by atoms with van der Waals surface area (Å²) < 4.78 is 0. The van der Waals surface area contributed by atoms with Crippen molar-refractivity contribution in [1.82, 2.24) is 10.2 Å². The van der Waals surface area contributed by atoms with Crippen molar-refractivity contribution in [2.75, 3.05) is 19.6 Å². The molecule has 0 spiro atoms. The van der Waals surface area contributed by atoms with Crippen LogP contribution in [0.25, 0.3) is 0 Å². The predicted molar refractivity (Wildman–Crippen MR) is 72.3 cm³/mol. The maximum absolute atomic E-state index is 3.52. The predicted octanol–water partition coefficient (Wildman–Crippen LogP) is 3.02. The quantitative estimate of drug-likeness (QED) is 0.813. The molecule has 0 amide bonds. The van der Waals surface area contributed by atoms with E-state index < -0.39 is 0 Å². The standard InChI is InChI=1S/C13H24N2S/c1-3-4-8-15-9-5-12(6-10-15)13(2)14-7-11-16-13/h7,11-12,14H,3-6,8-10H2,1-2H3. The monoisotopic (exact) mass is 240 g/mol. The summed E-state index contributed by atoms with van der Waals surface area (Å²) in [6.07, 6.45) is 7.48. The van der Waals surface area contributed by atoms with Crippen molar-refractivity contribution in [2.45, 2.75) is 44.4 Å². The van der Waals surface area contributed by atoms with Crippen LogP contribution in [0.4, 0.5) is 0 Å². The van der Waals surface area contributed by atoms with E-state index in [1.165, 1.54) is 45.3 Å². The van der Waals surface area contributed by atoms with Gasteiger partial charge in [-0.2, -0.15) is 0 Å². The van der Waals surface area contributed by atoms with Gasteiger partial charge in [-0.3, -0.25) is 0 Å². The third kappa shape index (κ3) is 2.75. The first kappa shape index (κ1) is 12.3. The molecule has 92 valence electrons. The van der Waals surface area contributed by atoms with Crippen LogP contribution in [-0.4, -0.2) is 29.4 Å². The Morgan fingerprint density at radius 3 is 2.75 bits per heavy atom. The number of thioether (sulfide) groups is 1. The highest BCUT2D eigenvalue weighted by Gasteiger charge is 2.37. The van der Waals surface area contributed by atoms with Gasteiger partial charge in [-0.1, -0.05) is 13.3 Å². The van der Waals surface area contributed by atoms with Crippen LogP contribution in [0.3, 0.4) is 0 Å². The van der Waals surface area contributed by atoms with E-state index in [1.54, 1.807) is 0 Å². The van der Waals surface area contributed by atoms with Crippen LogP contribution >= 0.6 is 11.8 Å². The van der Waals surface area contributed by atoms with Gasteiger partial charge in [0.25, 0.3) is 0 Å². The van der Waals surface area contributed by atoms with Gasteiger partial charge in [0.1, 0.15) is 0 Å². The fourth-order valence-electron chi connectivity index (χ4n) is 2.71. The van der Waals surface area contributed by atoms with Crippen molar-refractivity contribution >= 4 is 11.8 Å². The van der Waals surface area contributed by atoms with Crippen LogP contribution in [0.2, 0.25) is 0 Å². The minimum absolute atomic E-state index is 0.275. The minimum atomic E-state index is 0.275. The summed E-state index contributed by atoms with van der Waals surface area (Å²) in [6, 6.07) is 0. The van der Waals surface area contributed by atoms with Gasteiger partial charge in [-0.15, -0.1) is 11.8 Å². The van der Waals surface area contributed by atoms with E-state index >= 15 is 0 Å². The van der Waals surface area contributed by atoms with Crippen LogP contribution in [0.1, 0.15) is 39.5 Å². The average molecular weight is 240 g/mol.